The highest BCUT2D eigenvalue weighted by Gasteiger charge is 2.32. The van der Waals surface area contributed by atoms with Crippen LogP contribution in [0.3, 0.4) is 0 Å². The summed E-state index contributed by atoms with van der Waals surface area (Å²) in [5.74, 6) is -3.61. The standard InChI is InChI=1S/C30H26F4N4O.C2H4O/c1-4-5-18-10-20(13-21(31)11-18)30(3,16-35)26-14-37-29(38-26)23-12-19(6-7-24(23)32)17(2)22-8-9-36-28(22)27(34)25(33)15-39;1-2-3/h6-15,36,39H,4-5H2,1-3H3,(H,37,38);2-3H,1H2/b22-17-,25-15-,28-27-;. The van der Waals surface area contributed by atoms with Gasteiger partial charge in [-0.1, -0.05) is 32.1 Å². The summed E-state index contributed by atoms with van der Waals surface area (Å²) < 4.78 is 57.5. The highest BCUT2D eigenvalue weighted by Crippen LogP contribution is 2.34. The lowest BCUT2D eigenvalue weighted by molar-refractivity contribution is 0.442. The van der Waals surface area contributed by atoms with Crippen LogP contribution in [0.5, 0.6) is 0 Å². The van der Waals surface area contributed by atoms with Gasteiger partial charge in [0.1, 0.15) is 29.1 Å². The van der Waals surface area contributed by atoms with Crippen molar-refractivity contribution < 1.29 is 27.8 Å². The van der Waals surface area contributed by atoms with Gasteiger partial charge >= 0.3 is 0 Å². The van der Waals surface area contributed by atoms with Gasteiger partial charge in [-0.3, -0.25) is 0 Å². The fourth-order valence-electron chi connectivity index (χ4n) is 4.50. The first-order chi connectivity index (χ1) is 20.0. The van der Waals surface area contributed by atoms with E-state index >= 15 is 0 Å². The predicted octanol–water partition coefficient (Wildman–Crippen LogP) is 6.82. The molecule has 4 N–H and O–H groups in total. The number of nitriles is 1. The zero-order valence-corrected chi connectivity index (χ0v) is 23.3. The molecule has 0 bridgehead atoms. The molecule has 1 atom stereocenters. The minimum atomic E-state index is -1.44. The number of allylic oxidation sites excluding steroid dienone is 1. The molecule has 0 aliphatic rings. The van der Waals surface area contributed by atoms with Gasteiger partial charge in [0.05, 0.1) is 35.1 Å². The Bertz CT molecular complexity index is 1780. The lowest BCUT2D eigenvalue weighted by Gasteiger charge is -2.21. The summed E-state index contributed by atoms with van der Waals surface area (Å²) >= 11 is 0. The Balaban J connectivity index is 0.00000155. The summed E-state index contributed by atoms with van der Waals surface area (Å²) in [5, 5.41) is 26.4. The summed E-state index contributed by atoms with van der Waals surface area (Å²) in [5.41, 5.74) is 1.38. The van der Waals surface area contributed by atoms with Crippen molar-refractivity contribution in [2.45, 2.75) is 39.0 Å². The number of aryl methyl sites for hydroxylation is 1. The first kappa shape index (κ1) is 31.5. The SMILES string of the molecule is C=CO.CCCc1cc(F)cc(C(C)(C#N)c2cnc(-c3cc(/C(C)=c4/cc[nH]/c4=C(F)/C(F)=C/O)ccc3F)[nH]2)c1. The smallest absolute Gasteiger partial charge is 0.195 e. The van der Waals surface area contributed by atoms with Gasteiger partial charge in [0, 0.05) is 11.4 Å². The van der Waals surface area contributed by atoms with Crippen molar-refractivity contribution in [2.75, 3.05) is 0 Å². The van der Waals surface area contributed by atoms with Crippen molar-refractivity contribution in [1.82, 2.24) is 15.0 Å². The molecule has 218 valence electrons. The van der Waals surface area contributed by atoms with Crippen LogP contribution in [-0.4, -0.2) is 25.2 Å². The average molecular weight is 579 g/mol. The molecule has 0 saturated heterocycles. The number of hydrogen-bond acceptors (Lipinski definition) is 4. The molecule has 2 aromatic heterocycles. The molecule has 2 heterocycles. The summed E-state index contributed by atoms with van der Waals surface area (Å²) in [6.45, 7) is 8.20. The number of aliphatic hydroxyl groups is 2. The third kappa shape index (κ3) is 6.47. The third-order valence-corrected chi connectivity index (χ3v) is 6.76. The molecule has 0 aliphatic carbocycles. The molecule has 2 aromatic carbocycles. The van der Waals surface area contributed by atoms with Crippen molar-refractivity contribution in [3.05, 3.63) is 124 Å². The molecule has 4 aromatic rings. The van der Waals surface area contributed by atoms with Crippen LogP contribution >= 0.6 is 0 Å². The molecule has 0 amide bonds. The Morgan fingerprint density at radius 1 is 1.14 bits per heavy atom. The van der Waals surface area contributed by atoms with Gasteiger partial charge in [0.25, 0.3) is 0 Å². The van der Waals surface area contributed by atoms with E-state index in [2.05, 4.69) is 27.6 Å². The fourth-order valence-corrected chi connectivity index (χ4v) is 4.50. The van der Waals surface area contributed by atoms with Gasteiger partial charge in [-0.15, -0.1) is 0 Å². The van der Waals surface area contributed by atoms with Gasteiger partial charge in [-0.2, -0.15) is 5.26 Å². The number of rotatable bonds is 7. The number of aliphatic hydroxyl groups excluding tert-OH is 2. The van der Waals surface area contributed by atoms with Crippen molar-refractivity contribution in [2.24, 2.45) is 0 Å². The van der Waals surface area contributed by atoms with E-state index in [1.165, 1.54) is 48.8 Å². The second kappa shape index (κ2) is 13.5. The molecule has 0 aliphatic heterocycles. The average Bonchev–Trinajstić information content (AvgIpc) is 3.67. The minimum Gasteiger partial charge on any atom is -0.516 e. The number of H-pyrrole nitrogens is 2. The number of benzene rings is 2. The zero-order valence-electron chi connectivity index (χ0n) is 23.3. The number of halogens is 4. The Morgan fingerprint density at radius 3 is 2.50 bits per heavy atom. The van der Waals surface area contributed by atoms with Crippen LogP contribution in [0.15, 0.2) is 79.8 Å². The zero-order chi connectivity index (χ0) is 31.0. The Morgan fingerprint density at radius 2 is 1.86 bits per heavy atom. The molecule has 0 saturated carbocycles. The predicted molar refractivity (Wildman–Crippen MR) is 154 cm³/mol. The largest absolute Gasteiger partial charge is 0.516 e. The molecular formula is C32H30F4N4O2. The van der Waals surface area contributed by atoms with Gasteiger partial charge in [0.2, 0.25) is 0 Å². The van der Waals surface area contributed by atoms with E-state index in [1.54, 1.807) is 19.9 Å². The first-order valence-corrected chi connectivity index (χ1v) is 12.9. The van der Waals surface area contributed by atoms with E-state index in [4.69, 9.17) is 10.2 Å². The molecule has 10 heteroatoms. The quantitative estimate of drug-likeness (QED) is 0.143. The van der Waals surface area contributed by atoms with E-state index in [9.17, 15) is 22.8 Å². The lowest BCUT2D eigenvalue weighted by Crippen LogP contribution is -2.26. The van der Waals surface area contributed by atoms with E-state index in [0.29, 0.717) is 34.0 Å². The maximum absolute atomic E-state index is 15.0. The Hall–Kier alpha value is -5.04. The molecule has 0 radical (unpaired) electrons. The molecule has 1 unspecified atom stereocenters. The van der Waals surface area contributed by atoms with Crippen LogP contribution in [0.1, 0.15) is 49.6 Å². The Kier molecular flexibility index (Phi) is 10.2. The highest BCUT2D eigenvalue weighted by atomic mass is 19.2. The molecule has 42 heavy (non-hydrogen) atoms. The highest BCUT2D eigenvalue weighted by molar-refractivity contribution is 5.70. The number of hydrogen-bond donors (Lipinski definition) is 4. The van der Waals surface area contributed by atoms with Crippen LogP contribution < -0.4 is 10.6 Å². The molecule has 4 rings (SSSR count). The molecule has 6 nitrogen and oxygen atoms in total. The van der Waals surface area contributed by atoms with E-state index in [-0.39, 0.29) is 23.0 Å². The maximum atomic E-state index is 15.0. The Labute approximate surface area is 240 Å². The second-order valence-electron chi connectivity index (χ2n) is 9.54. The fraction of sp³-hybridized carbons (Fsp3) is 0.188. The third-order valence-electron chi connectivity index (χ3n) is 6.76. The number of aromatic nitrogens is 3. The second-order valence-corrected chi connectivity index (χ2v) is 9.54. The van der Waals surface area contributed by atoms with Crippen LogP contribution in [0.4, 0.5) is 17.6 Å². The van der Waals surface area contributed by atoms with Crippen LogP contribution in [0.25, 0.3) is 22.8 Å². The summed E-state index contributed by atoms with van der Waals surface area (Å²) in [4.78, 5) is 9.94. The number of aromatic amines is 2. The lowest BCUT2D eigenvalue weighted by atomic mass is 9.80. The van der Waals surface area contributed by atoms with Gasteiger partial charge in [-0.25, -0.2) is 22.5 Å². The number of imidazole rings is 1. The minimum absolute atomic E-state index is 0.0310. The summed E-state index contributed by atoms with van der Waals surface area (Å²) in [6.07, 6.45) is 5.09. The van der Waals surface area contributed by atoms with Crippen molar-refractivity contribution >= 4 is 11.4 Å². The number of nitrogens with one attached hydrogen (secondary N) is 2. The van der Waals surface area contributed by atoms with Crippen LogP contribution in [-0.2, 0) is 11.8 Å². The first-order valence-electron chi connectivity index (χ1n) is 12.9. The van der Waals surface area contributed by atoms with E-state index in [0.717, 1.165) is 18.2 Å². The van der Waals surface area contributed by atoms with Gasteiger partial charge < -0.3 is 20.2 Å². The van der Waals surface area contributed by atoms with Crippen LogP contribution in [0, 0.1) is 23.0 Å². The monoisotopic (exact) mass is 578 g/mol. The van der Waals surface area contributed by atoms with Crippen LogP contribution in [0.2, 0.25) is 0 Å². The topological polar surface area (TPSA) is 109 Å². The maximum Gasteiger partial charge on any atom is 0.195 e. The van der Waals surface area contributed by atoms with Crippen molar-refractivity contribution in [1.29, 1.82) is 5.26 Å². The van der Waals surface area contributed by atoms with Crippen molar-refractivity contribution in [3.63, 3.8) is 0 Å². The normalized spacial score (nSPS) is 14.2. The molecular weight excluding hydrogens is 548 g/mol. The molecule has 0 spiro atoms. The van der Waals surface area contributed by atoms with Gasteiger partial charge in [0.15, 0.2) is 11.7 Å². The summed E-state index contributed by atoms with van der Waals surface area (Å²) in [6, 6.07) is 12.5. The van der Waals surface area contributed by atoms with E-state index < -0.39 is 28.7 Å². The van der Waals surface area contributed by atoms with Gasteiger partial charge in [-0.05, 0) is 72.9 Å². The van der Waals surface area contributed by atoms with Crippen molar-refractivity contribution in [3.8, 4) is 17.5 Å². The molecule has 0 fully saturated rings. The van der Waals surface area contributed by atoms with E-state index in [1.807, 2.05) is 6.92 Å². The summed E-state index contributed by atoms with van der Waals surface area (Å²) in [7, 11) is 0. The number of nitrogens with zero attached hydrogens (tertiary/aromatic N) is 2.